The van der Waals surface area contributed by atoms with Crippen LogP contribution in [0.3, 0.4) is 0 Å². The maximum Gasteiger partial charge on any atom is 0.268 e. The van der Waals surface area contributed by atoms with Crippen molar-refractivity contribution >= 4 is 13.7 Å². The van der Waals surface area contributed by atoms with Crippen molar-refractivity contribution in [3.05, 3.63) is 36.5 Å². The molecule has 0 aliphatic heterocycles. The molecule has 0 aromatic carbocycles. The zero-order valence-corrected chi connectivity index (χ0v) is 22.7. The Kier molecular flexibility index (Phi) is 18.3. The number of unbranched alkanes of at least 4 members (excludes halogenated alkanes) is 4. The molecular formula is C25H47N2O6P. The van der Waals surface area contributed by atoms with Crippen LogP contribution < -0.4 is 10.2 Å². The Morgan fingerprint density at radius 1 is 1.00 bits per heavy atom. The Hall–Kier alpha value is -1.28. The van der Waals surface area contributed by atoms with Crippen LogP contribution in [0.2, 0.25) is 0 Å². The van der Waals surface area contributed by atoms with Gasteiger partial charge in [-0.3, -0.25) is 9.36 Å². The van der Waals surface area contributed by atoms with Gasteiger partial charge in [-0.15, -0.1) is 0 Å². The quantitative estimate of drug-likeness (QED) is 0.113. The number of aliphatic hydroxyl groups is 1. The molecule has 0 aliphatic carbocycles. The molecular weight excluding hydrogens is 455 g/mol. The van der Waals surface area contributed by atoms with E-state index in [9.17, 15) is 19.4 Å². The highest BCUT2D eigenvalue weighted by Gasteiger charge is 2.22. The van der Waals surface area contributed by atoms with E-state index in [1.165, 1.54) is 12.8 Å². The van der Waals surface area contributed by atoms with E-state index in [-0.39, 0.29) is 18.9 Å². The molecule has 0 aromatic heterocycles. The van der Waals surface area contributed by atoms with Crippen molar-refractivity contribution in [1.82, 2.24) is 5.32 Å². The molecule has 1 amide bonds. The van der Waals surface area contributed by atoms with Crippen LogP contribution in [0.15, 0.2) is 36.5 Å². The first-order chi connectivity index (χ1) is 16.0. The standard InChI is InChI=1S/C25H47N2O6P/c1-6-8-9-10-11-12-13-14-15-16-17-18-19-24(28)23(26-25(29)7-2)22-33-34(30,31)32-21-20-27(3,4)5/h10-11,14-15,18-19,23-24,28H,6-9,12-13,16-17,20-22H2,1-5H3,(H-,26,29,30,31)/b11-10+,15-14+,19-18+. The summed E-state index contributed by atoms with van der Waals surface area (Å²) in [6.45, 7) is 3.93. The smallest absolute Gasteiger partial charge is 0.268 e. The fourth-order valence-electron chi connectivity index (χ4n) is 2.72. The van der Waals surface area contributed by atoms with E-state index in [1.807, 2.05) is 27.2 Å². The number of nitrogens with one attached hydrogen (secondary N) is 1. The Bertz CT molecular complexity index is 673. The van der Waals surface area contributed by atoms with Crippen molar-refractivity contribution in [2.75, 3.05) is 40.9 Å². The highest BCUT2D eigenvalue weighted by Crippen LogP contribution is 2.38. The summed E-state index contributed by atoms with van der Waals surface area (Å²) in [6.07, 6.45) is 18.4. The van der Waals surface area contributed by atoms with Gasteiger partial charge in [-0.05, 0) is 32.1 Å². The lowest BCUT2D eigenvalue weighted by atomic mass is 10.1. The lowest BCUT2D eigenvalue weighted by Gasteiger charge is -2.29. The molecule has 3 atom stereocenters. The predicted octanol–water partition coefficient (Wildman–Crippen LogP) is 3.87. The van der Waals surface area contributed by atoms with Gasteiger partial charge < -0.3 is 28.8 Å². The Labute approximate surface area is 206 Å². The number of amides is 1. The normalized spacial score (nSPS) is 16.3. The second kappa shape index (κ2) is 19.0. The first kappa shape index (κ1) is 32.7. The summed E-state index contributed by atoms with van der Waals surface area (Å²) in [5.41, 5.74) is 0. The molecule has 0 aliphatic rings. The van der Waals surface area contributed by atoms with Gasteiger partial charge in [0.2, 0.25) is 5.91 Å². The van der Waals surface area contributed by atoms with E-state index < -0.39 is 26.6 Å². The van der Waals surface area contributed by atoms with E-state index in [4.69, 9.17) is 9.05 Å². The van der Waals surface area contributed by atoms with Crippen LogP contribution in [0.5, 0.6) is 0 Å². The molecule has 0 aromatic rings. The second-order valence-corrected chi connectivity index (χ2v) is 10.7. The summed E-state index contributed by atoms with van der Waals surface area (Å²) in [5.74, 6) is -0.306. The Morgan fingerprint density at radius 3 is 2.09 bits per heavy atom. The van der Waals surface area contributed by atoms with Crippen LogP contribution in [-0.2, 0) is 18.4 Å². The van der Waals surface area contributed by atoms with Gasteiger partial charge in [0.1, 0.15) is 13.2 Å². The maximum atomic E-state index is 12.0. The molecule has 9 heteroatoms. The molecule has 198 valence electrons. The van der Waals surface area contributed by atoms with E-state index in [0.717, 1.165) is 32.1 Å². The number of nitrogens with zero attached hydrogens (tertiary/aromatic N) is 1. The number of quaternary nitrogens is 1. The second-order valence-electron chi connectivity index (χ2n) is 9.28. The van der Waals surface area contributed by atoms with E-state index in [0.29, 0.717) is 11.0 Å². The van der Waals surface area contributed by atoms with E-state index >= 15 is 0 Å². The molecule has 0 saturated carbocycles. The van der Waals surface area contributed by atoms with Gasteiger partial charge in [-0.2, -0.15) is 0 Å². The minimum atomic E-state index is -4.54. The van der Waals surface area contributed by atoms with Crippen molar-refractivity contribution in [3.8, 4) is 0 Å². The molecule has 0 heterocycles. The summed E-state index contributed by atoms with van der Waals surface area (Å²) in [5, 5.41) is 13.1. The average Bonchev–Trinajstić information content (AvgIpc) is 2.75. The third-order valence-corrected chi connectivity index (χ3v) is 5.86. The van der Waals surface area contributed by atoms with Crippen molar-refractivity contribution in [2.45, 2.75) is 77.4 Å². The minimum absolute atomic E-state index is 0.0125. The van der Waals surface area contributed by atoms with Crippen molar-refractivity contribution in [1.29, 1.82) is 0 Å². The van der Waals surface area contributed by atoms with Gasteiger partial charge >= 0.3 is 0 Å². The van der Waals surface area contributed by atoms with Crippen LogP contribution in [0.25, 0.3) is 0 Å². The lowest BCUT2D eigenvalue weighted by molar-refractivity contribution is -0.870. The molecule has 8 nitrogen and oxygen atoms in total. The SMILES string of the molecule is CCCC/C=C/CC/C=C/CC/C=C/C(O)C(COP(=O)([O-])OCC[N+](C)(C)C)NC(=O)CC. The van der Waals surface area contributed by atoms with Crippen molar-refractivity contribution in [3.63, 3.8) is 0 Å². The molecule has 0 fully saturated rings. The molecule has 3 unspecified atom stereocenters. The molecule has 34 heavy (non-hydrogen) atoms. The summed E-state index contributed by atoms with van der Waals surface area (Å²) in [6, 6.07) is -0.900. The number of carbonyl (C=O) groups is 1. The van der Waals surface area contributed by atoms with Crippen LogP contribution in [0.1, 0.15) is 65.2 Å². The van der Waals surface area contributed by atoms with Gasteiger partial charge in [0.05, 0.1) is 39.9 Å². The first-order valence-electron chi connectivity index (χ1n) is 12.4. The van der Waals surface area contributed by atoms with E-state index in [2.05, 4.69) is 36.5 Å². The van der Waals surface area contributed by atoms with Crippen LogP contribution >= 0.6 is 7.82 Å². The topological polar surface area (TPSA) is 108 Å². The maximum absolute atomic E-state index is 12.0. The van der Waals surface area contributed by atoms with Crippen molar-refractivity contribution < 1.29 is 32.9 Å². The summed E-state index contributed by atoms with van der Waals surface area (Å²) in [7, 11) is 1.21. The number of likely N-dealkylation sites (N-methyl/N-ethyl adjacent to an activating group) is 1. The summed E-state index contributed by atoms with van der Waals surface area (Å²) in [4.78, 5) is 23.8. The molecule has 0 spiro atoms. The fraction of sp³-hybridized carbons (Fsp3) is 0.720. The molecule has 0 radical (unpaired) electrons. The molecule has 0 rings (SSSR count). The Morgan fingerprint density at radius 2 is 1.56 bits per heavy atom. The zero-order valence-electron chi connectivity index (χ0n) is 21.8. The molecule has 0 bridgehead atoms. The first-order valence-corrected chi connectivity index (χ1v) is 13.8. The minimum Gasteiger partial charge on any atom is -0.756 e. The highest BCUT2D eigenvalue weighted by atomic mass is 31.2. The van der Waals surface area contributed by atoms with Gasteiger partial charge in [-0.1, -0.05) is 63.1 Å². The van der Waals surface area contributed by atoms with Crippen LogP contribution in [0, 0.1) is 0 Å². The van der Waals surface area contributed by atoms with Gasteiger partial charge in [0, 0.05) is 6.42 Å². The third-order valence-electron chi connectivity index (χ3n) is 4.89. The average molecular weight is 503 g/mol. The molecule has 2 N–H and O–H groups in total. The lowest BCUT2D eigenvalue weighted by Crippen LogP contribution is -2.45. The number of hydrogen-bond donors (Lipinski definition) is 2. The van der Waals surface area contributed by atoms with E-state index in [1.54, 1.807) is 13.0 Å². The highest BCUT2D eigenvalue weighted by molar-refractivity contribution is 7.45. The third kappa shape index (κ3) is 20.1. The number of carbonyl (C=O) groups excluding carboxylic acids is 1. The number of phosphoric acid groups is 1. The number of rotatable bonds is 20. The number of aliphatic hydroxyl groups excluding tert-OH is 1. The van der Waals surface area contributed by atoms with Crippen molar-refractivity contribution in [2.24, 2.45) is 0 Å². The predicted molar refractivity (Wildman–Crippen MR) is 136 cm³/mol. The number of allylic oxidation sites excluding steroid dienone is 5. The van der Waals surface area contributed by atoms with Gasteiger partial charge in [0.15, 0.2) is 0 Å². The van der Waals surface area contributed by atoms with Crippen LogP contribution in [0.4, 0.5) is 0 Å². The van der Waals surface area contributed by atoms with Gasteiger partial charge in [-0.25, -0.2) is 0 Å². The summed E-state index contributed by atoms with van der Waals surface area (Å²) >= 11 is 0. The molecule has 0 saturated heterocycles. The number of phosphoric ester groups is 1. The Balaban J connectivity index is 4.49. The van der Waals surface area contributed by atoms with Gasteiger partial charge in [0.25, 0.3) is 7.82 Å². The summed E-state index contributed by atoms with van der Waals surface area (Å²) < 4.78 is 22.4. The van der Waals surface area contributed by atoms with Crippen LogP contribution in [-0.4, -0.2) is 68.5 Å². The monoisotopic (exact) mass is 502 g/mol. The zero-order chi connectivity index (χ0) is 25.9. The number of hydrogen-bond acceptors (Lipinski definition) is 6. The fourth-order valence-corrected chi connectivity index (χ4v) is 3.44. The largest absolute Gasteiger partial charge is 0.756 e.